The zero-order valence-corrected chi connectivity index (χ0v) is 10.6. The van der Waals surface area contributed by atoms with Crippen LogP contribution in [0.2, 0.25) is 0 Å². The lowest BCUT2D eigenvalue weighted by molar-refractivity contribution is 0.477. The molecule has 0 fully saturated rings. The Morgan fingerprint density at radius 3 is 2.43 bits per heavy atom. The monoisotopic (exact) mass is 255 g/mol. The lowest BCUT2D eigenvalue weighted by Crippen LogP contribution is -2.21. The molecule has 1 atom stereocenters. The minimum absolute atomic E-state index is 0.579. The van der Waals surface area contributed by atoms with Crippen LogP contribution in [0.25, 0.3) is 0 Å². The van der Waals surface area contributed by atoms with Crippen LogP contribution < -0.4 is 5.32 Å². The van der Waals surface area contributed by atoms with Gasteiger partial charge in [0, 0.05) is 11.0 Å². The van der Waals surface area contributed by atoms with E-state index >= 15 is 0 Å². The van der Waals surface area contributed by atoms with Crippen LogP contribution in [0.1, 0.15) is 25.3 Å². The molecule has 0 bridgehead atoms. The first kappa shape index (κ1) is 11.7. The third-order valence-electron chi connectivity index (χ3n) is 2.53. The van der Waals surface area contributed by atoms with E-state index in [1.54, 1.807) is 0 Å². The third kappa shape index (κ3) is 2.82. The van der Waals surface area contributed by atoms with Crippen molar-refractivity contribution in [3.05, 3.63) is 34.3 Å². The molecule has 1 N–H and O–H groups in total. The number of hydrogen-bond donors (Lipinski definition) is 1. The van der Waals surface area contributed by atoms with Crippen molar-refractivity contribution in [2.75, 3.05) is 13.6 Å². The molecule has 14 heavy (non-hydrogen) atoms. The number of benzene rings is 1. The van der Waals surface area contributed by atoms with E-state index in [0.717, 1.165) is 6.54 Å². The molecular formula is C12H18BrN. The lowest BCUT2D eigenvalue weighted by atomic mass is 9.88. The van der Waals surface area contributed by atoms with Crippen LogP contribution in [-0.4, -0.2) is 13.6 Å². The van der Waals surface area contributed by atoms with Crippen molar-refractivity contribution < 1.29 is 0 Å². The summed E-state index contributed by atoms with van der Waals surface area (Å²) in [7, 11) is 2.01. The first-order chi connectivity index (χ1) is 6.66. The Kier molecular flexibility index (Phi) is 4.63. The minimum atomic E-state index is 0.579. The molecule has 1 aromatic rings. The third-order valence-corrected chi connectivity index (χ3v) is 3.26. The van der Waals surface area contributed by atoms with Crippen LogP contribution >= 0.6 is 15.9 Å². The predicted octanol–water partition coefficient (Wildman–Crippen LogP) is 3.41. The second-order valence-corrected chi connectivity index (χ2v) is 4.78. The van der Waals surface area contributed by atoms with Gasteiger partial charge in [0.1, 0.15) is 0 Å². The van der Waals surface area contributed by atoms with Crippen LogP contribution in [0.4, 0.5) is 0 Å². The second kappa shape index (κ2) is 5.52. The number of hydrogen-bond acceptors (Lipinski definition) is 1. The smallest absolute Gasteiger partial charge is 0.0210 e. The Labute approximate surface area is 95.0 Å². The molecule has 0 radical (unpaired) electrons. The molecule has 0 spiro atoms. The Hall–Kier alpha value is -0.340. The summed E-state index contributed by atoms with van der Waals surface area (Å²) in [5, 5.41) is 3.25. The van der Waals surface area contributed by atoms with Gasteiger partial charge in [-0.1, -0.05) is 48.0 Å². The molecule has 0 saturated carbocycles. The summed E-state index contributed by atoms with van der Waals surface area (Å²) in [4.78, 5) is 0. The fourth-order valence-corrected chi connectivity index (χ4v) is 2.28. The molecule has 0 aliphatic carbocycles. The average Bonchev–Trinajstić information content (AvgIpc) is 2.15. The van der Waals surface area contributed by atoms with Crippen molar-refractivity contribution in [3.63, 3.8) is 0 Å². The van der Waals surface area contributed by atoms with E-state index in [2.05, 4.69) is 59.4 Å². The van der Waals surface area contributed by atoms with Crippen LogP contribution in [0.5, 0.6) is 0 Å². The Balaban J connectivity index is 2.93. The normalized spacial score (nSPS) is 13.2. The van der Waals surface area contributed by atoms with E-state index in [-0.39, 0.29) is 0 Å². The average molecular weight is 256 g/mol. The highest BCUT2D eigenvalue weighted by Crippen LogP contribution is 2.29. The molecule has 0 heterocycles. The number of nitrogens with one attached hydrogen (secondary N) is 1. The van der Waals surface area contributed by atoms with Gasteiger partial charge < -0.3 is 5.32 Å². The summed E-state index contributed by atoms with van der Waals surface area (Å²) >= 11 is 3.61. The molecular weight excluding hydrogens is 238 g/mol. The summed E-state index contributed by atoms with van der Waals surface area (Å²) in [6.45, 7) is 5.56. The first-order valence-electron chi connectivity index (χ1n) is 5.05. The van der Waals surface area contributed by atoms with Crippen molar-refractivity contribution in [3.8, 4) is 0 Å². The van der Waals surface area contributed by atoms with E-state index in [4.69, 9.17) is 0 Å². The molecule has 1 nitrogen and oxygen atoms in total. The fraction of sp³-hybridized carbons (Fsp3) is 0.500. The van der Waals surface area contributed by atoms with Crippen LogP contribution in [0.15, 0.2) is 28.7 Å². The molecule has 78 valence electrons. The SMILES string of the molecule is CNCC(c1ccccc1Br)C(C)C. The first-order valence-corrected chi connectivity index (χ1v) is 5.85. The van der Waals surface area contributed by atoms with Crippen molar-refractivity contribution in [1.29, 1.82) is 0 Å². The van der Waals surface area contributed by atoms with Gasteiger partial charge in [-0.05, 0) is 30.5 Å². The Bertz CT molecular complexity index is 283. The molecule has 1 rings (SSSR count). The summed E-state index contributed by atoms with van der Waals surface area (Å²) in [6.07, 6.45) is 0. The quantitative estimate of drug-likeness (QED) is 0.870. The van der Waals surface area contributed by atoms with Crippen LogP contribution in [0, 0.1) is 5.92 Å². The minimum Gasteiger partial charge on any atom is -0.319 e. The highest BCUT2D eigenvalue weighted by molar-refractivity contribution is 9.10. The highest BCUT2D eigenvalue weighted by atomic mass is 79.9. The lowest BCUT2D eigenvalue weighted by Gasteiger charge is -2.22. The van der Waals surface area contributed by atoms with Gasteiger partial charge in [0.2, 0.25) is 0 Å². The van der Waals surface area contributed by atoms with Gasteiger partial charge in [-0.3, -0.25) is 0 Å². The van der Waals surface area contributed by atoms with Crippen molar-refractivity contribution in [2.24, 2.45) is 5.92 Å². The molecule has 0 aliphatic heterocycles. The maximum Gasteiger partial charge on any atom is 0.0210 e. The topological polar surface area (TPSA) is 12.0 Å². The van der Waals surface area contributed by atoms with Gasteiger partial charge >= 0.3 is 0 Å². The van der Waals surface area contributed by atoms with Gasteiger partial charge in [-0.2, -0.15) is 0 Å². The predicted molar refractivity (Wildman–Crippen MR) is 65.6 cm³/mol. The number of likely N-dealkylation sites (N-methyl/N-ethyl adjacent to an activating group) is 1. The van der Waals surface area contributed by atoms with Gasteiger partial charge in [-0.25, -0.2) is 0 Å². The van der Waals surface area contributed by atoms with Crippen LogP contribution in [0.3, 0.4) is 0 Å². The molecule has 1 aromatic carbocycles. The zero-order valence-electron chi connectivity index (χ0n) is 9.05. The van der Waals surface area contributed by atoms with E-state index in [1.807, 2.05) is 7.05 Å². The molecule has 0 aliphatic rings. The van der Waals surface area contributed by atoms with Gasteiger partial charge in [-0.15, -0.1) is 0 Å². The fourth-order valence-electron chi connectivity index (χ4n) is 1.70. The summed E-state index contributed by atoms with van der Waals surface area (Å²) in [6, 6.07) is 8.47. The number of rotatable bonds is 4. The number of halogens is 1. The van der Waals surface area contributed by atoms with Crippen molar-refractivity contribution in [1.82, 2.24) is 5.32 Å². The van der Waals surface area contributed by atoms with Crippen molar-refractivity contribution >= 4 is 15.9 Å². The van der Waals surface area contributed by atoms with Gasteiger partial charge in [0.15, 0.2) is 0 Å². The molecule has 1 unspecified atom stereocenters. The Morgan fingerprint density at radius 2 is 1.93 bits per heavy atom. The van der Waals surface area contributed by atoms with E-state index < -0.39 is 0 Å². The largest absolute Gasteiger partial charge is 0.319 e. The maximum atomic E-state index is 3.61. The molecule has 0 saturated heterocycles. The molecule has 0 amide bonds. The summed E-state index contributed by atoms with van der Waals surface area (Å²) < 4.78 is 1.22. The van der Waals surface area contributed by atoms with E-state index in [9.17, 15) is 0 Å². The zero-order chi connectivity index (χ0) is 10.6. The standard InChI is InChI=1S/C12H18BrN/c1-9(2)11(8-14-3)10-6-4-5-7-12(10)13/h4-7,9,11,14H,8H2,1-3H3. The highest BCUT2D eigenvalue weighted by Gasteiger charge is 2.16. The molecule has 2 heteroatoms. The summed E-state index contributed by atoms with van der Waals surface area (Å²) in [5.41, 5.74) is 1.40. The second-order valence-electron chi connectivity index (χ2n) is 3.93. The van der Waals surface area contributed by atoms with E-state index in [0.29, 0.717) is 11.8 Å². The van der Waals surface area contributed by atoms with E-state index in [1.165, 1.54) is 10.0 Å². The van der Waals surface area contributed by atoms with Gasteiger partial charge in [0.05, 0.1) is 0 Å². The van der Waals surface area contributed by atoms with Gasteiger partial charge in [0.25, 0.3) is 0 Å². The Morgan fingerprint density at radius 1 is 1.29 bits per heavy atom. The van der Waals surface area contributed by atoms with Crippen LogP contribution in [-0.2, 0) is 0 Å². The maximum absolute atomic E-state index is 3.61. The summed E-state index contributed by atoms with van der Waals surface area (Å²) in [5.74, 6) is 1.23. The molecule has 0 aromatic heterocycles. The van der Waals surface area contributed by atoms with Crippen molar-refractivity contribution in [2.45, 2.75) is 19.8 Å².